The molecule has 0 bridgehead atoms. The molecule has 18 nitrogen and oxygen atoms in total. The van der Waals surface area contributed by atoms with Gasteiger partial charge >= 0.3 is 12.1 Å². The molecule has 4 fully saturated rings. The summed E-state index contributed by atoms with van der Waals surface area (Å²) in [7, 11) is -4.53. The summed E-state index contributed by atoms with van der Waals surface area (Å²) in [5, 5.41) is 17.5. The van der Waals surface area contributed by atoms with Gasteiger partial charge in [-0.05, 0) is 38.5 Å². The zero-order chi connectivity index (χ0) is 43.2. The van der Waals surface area contributed by atoms with E-state index >= 15 is 0 Å². The quantitative estimate of drug-likeness (QED) is 0.341. The van der Waals surface area contributed by atoms with Crippen molar-refractivity contribution in [2.75, 3.05) is 82.6 Å². The van der Waals surface area contributed by atoms with Gasteiger partial charge in [-0.15, -0.1) is 0 Å². The molecule has 2 aromatic heterocycles. The Balaban J connectivity index is 0.000000224. The second kappa shape index (κ2) is 19.2. The Morgan fingerprint density at radius 3 is 1.44 bits per heavy atom. The number of Topliss-reactive ketones (excluding diaryl/α,β-unsaturated/α-hetero) is 2. The van der Waals surface area contributed by atoms with E-state index in [4.69, 9.17) is 13.8 Å². The Hall–Kier alpha value is -3.88. The second-order valence-electron chi connectivity index (χ2n) is 17.3. The van der Waals surface area contributed by atoms with E-state index in [2.05, 4.69) is 10.3 Å². The zero-order valence-electron chi connectivity index (χ0n) is 34.9. The molecule has 0 unspecified atom stereocenters. The van der Waals surface area contributed by atoms with Gasteiger partial charge in [0.15, 0.2) is 31.2 Å². The van der Waals surface area contributed by atoms with E-state index < -0.39 is 37.2 Å². The van der Waals surface area contributed by atoms with Gasteiger partial charge < -0.3 is 38.5 Å². The number of urea groups is 2. The van der Waals surface area contributed by atoms with Gasteiger partial charge in [-0.25, -0.2) is 26.4 Å². The first-order chi connectivity index (χ1) is 27.8. The van der Waals surface area contributed by atoms with Crippen molar-refractivity contribution >= 4 is 43.3 Å². The van der Waals surface area contributed by atoms with E-state index in [1.807, 2.05) is 27.7 Å². The van der Waals surface area contributed by atoms with Crippen molar-refractivity contribution in [1.29, 1.82) is 0 Å². The van der Waals surface area contributed by atoms with Crippen molar-refractivity contribution in [2.45, 2.75) is 102 Å². The molecule has 1 N–H and O–H groups in total. The monoisotopic (exact) mass is 868 g/mol. The number of likely N-dealkylation sites (tertiary alicyclic amines) is 2. The van der Waals surface area contributed by atoms with E-state index in [1.165, 1.54) is 4.90 Å². The topological polar surface area (TPSA) is 231 Å². The summed E-state index contributed by atoms with van der Waals surface area (Å²) >= 11 is 0. The van der Waals surface area contributed by atoms with Crippen LogP contribution < -0.4 is 0 Å². The maximum Gasteiger partial charge on any atom is 0.320 e. The van der Waals surface area contributed by atoms with Crippen LogP contribution in [0.2, 0.25) is 0 Å². The van der Waals surface area contributed by atoms with Crippen LogP contribution >= 0.6 is 0 Å². The molecule has 0 aliphatic carbocycles. The van der Waals surface area contributed by atoms with Crippen LogP contribution in [0.1, 0.15) is 89.1 Å². The fraction of sp³-hybridized carbons (Fsp3) is 0.744. The third-order valence-electron chi connectivity index (χ3n) is 11.5. The number of piperidine rings is 2. The number of carbonyl (C=O) groups excluding carboxylic acids is 4. The maximum atomic E-state index is 13.0. The number of sulfone groups is 2. The van der Waals surface area contributed by atoms with Gasteiger partial charge in [0.2, 0.25) is 0 Å². The number of aliphatic hydroxyl groups excluding tert-OH is 1. The molecule has 0 saturated carbocycles. The van der Waals surface area contributed by atoms with Crippen LogP contribution in [-0.2, 0) is 57.7 Å². The summed E-state index contributed by atoms with van der Waals surface area (Å²) in [5.74, 6) is 0.865. The molecule has 0 radical (unpaired) electrons. The van der Waals surface area contributed by atoms with Gasteiger partial charge in [-0.2, -0.15) is 0 Å². The van der Waals surface area contributed by atoms with Gasteiger partial charge in [0.25, 0.3) is 0 Å². The number of rotatable bonds is 11. The van der Waals surface area contributed by atoms with Gasteiger partial charge in [-0.1, -0.05) is 38.0 Å². The first-order valence-corrected chi connectivity index (χ1v) is 24.0. The number of carbonyl (C=O) groups is 4. The van der Waals surface area contributed by atoms with Crippen molar-refractivity contribution in [2.24, 2.45) is 0 Å². The number of aliphatic hydroxyl groups is 1. The molecule has 20 heteroatoms. The molecular weight excluding hydrogens is 809 g/mol. The lowest BCUT2D eigenvalue weighted by Gasteiger charge is -2.39. The Kier molecular flexibility index (Phi) is 15.1. The molecule has 4 amide bonds. The van der Waals surface area contributed by atoms with Crippen LogP contribution in [0.3, 0.4) is 0 Å². The molecule has 2 aromatic rings. The van der Waals surface area contributed by atoms with E-state index in [9.17, 15) is 41.1 Å². The second-order valence-corrected chi connectivity index (χ2v) is 21.9. The molecule has 6 rings (SSSR count). The number of methoxy groups -OCH3 is 1. The third-order valence-corrected chi connectivity index (χ3v) is 14.8. The van der Waals surface area contributed by atoms with Crippen molar-refractivity contribution in [3.05, 3.63) is 35.0 Å². The largest absolute Gasteiger partial charge is 0.395 e. The van der Waals surface area contributed by atoms with E-state index in [0.29, 0.717) is 55.4 Å². The predicted octanol–water partition coefficient (Wildman–Crippen LogP) is 2.18. The molecular formula is C39H60N6O12S2. The summed E-state index contributed by atoms with van der Waals surface area (Å²) in [5.41, 5.74) is 0.0787. The SMILES string of the molecule is CC(C)(CO)c1cc(CC(=O)[C@@H]2CCCCN2C(=O)N2CCS(=O)(=O)CC2)no1.COCC(C)(C)c1cc(CC(=O)[C@@H]2CCCCN2C(=O)N2CCS(=O)(=O)CC2)no1. The highest BCUT2D eigenvalue weighted by Gasteiger charge is 2.38. The molecule has 6 heterocycles. The average Bonchev–Trinajstić information content (AvgIpc) is 3.89. The minimum absolute atomic E-state index is 0.0236. The summed E-state index contributed by atoms with van der Waals surface area (Å²) in [6, 6.07) is 1.89. The standard InChI is InChI=1S/C20H31N3O6S.C19H29N3O6S/c1-20(2,14-28-3)18-13-15(21-29-18)12-17(24)16-6-4-5-7-23(16)19(25)22-8-10-30(26,27)11-9-22;1-19(2,13-23)17-12-14(20-28-17)11-16(24)15-5-3-4-6-22(15)18(25)21-7-9-29(26,27)10-8-21/h13,16H,4-12,14H2,1-3H3;12,15,23H,3-11,13H2,1-2H3/t16-;15-/m00/s1. The third kappa shape index (κ3) is 11.9. The first-order valence-electron chi connectivity index (χ1n) is 20.3. The van der Waals surface area contributed by atoms with Crippen LogP contribution in [0.15, 0.2) is 21.2 Å². The average molecular weight is 869 g/mol. The molecule has 330 valence electrons. The lowest BCUT2D eigenvalue weighted by Crippen LogP contribution is -2.56. The summed E-state index contributed by atoms with van der Waals surface area (Å²) in [6.45, 7) is 9.63. The minimum Gasteiger partial charge on any atom is -0.395 e. The van der Waals surface area contributed by atoms with E-state index in [1.54, 1.807) is 33.9 Å². The fourth-order valence-corrected chi connectivity index (χ4v) is 10.1. The molecule has 4 aliphatic rings. The number of ether oxygens (including phenoxy) is 1. The number of hydrogen-bond donors (Lipinski definition) is 1. The highest BCUT2D eigenvalue weighted by Crippen LogP contribution is 2.28. The minimum atomic E-state index is -3.08. The van der Waals surface area contributed by atoms with E-state index in [0.717, 1.165) is 25.7 Å². The number of nitrogens with zero attached hydrogens (tertiary/aromatic N) is 6. The van der Waals surface area contributed by atoms with Gasteiger partial charge in [0.05, 0.1) is 72.5 Å². The summed E-state index contributed by atoms with van der Waals surface area (Å²) in [4.78, 5) is 58.2. The van der Waals surface area contributed by atoms with Crippen LogP contribution in [-0.4, -0.2) is 170 Å². The predicted molar refractivity (Wildman–Crippen MR) is 215 cm³/mol. The normalized spacial score (nSPS) is 22.3. The van der Waals surface area contributed by atoms with Crippen molar-refractivity contribution in [3.8, 4) is 0 Å². The van der Waals surface area contributed by atoms with Crippen molar-refractivity contribution < 1.29 is 54.9 Å². The smallest absolute Gasteiger partial charge is 0.320 e. The molecule has 4 saturated heterocycles. The summed E-state index contributed by atoms with van der Waals surface area (Å²) in [6.07, 6.45) is 4.72. The Morgan fingerprint density at radius 1 is 0.678 bits per heavy atom. The highest BCUT2D eigenvalue weighted by molar-refractivity contribution is 7.91. The number of aromatic nitrogens is 2. The Labute approximate surface area is 346 Å². The highest BCUT2D eigenvalue weighted by atomic mass is 32.2. The summed E-state index contributed by atoms with van der Waals surface area (Å²) < 4.78 is 62.5. The van der Waals surface area contributed by atoms with Crippen LogP contribution in [0.4, 0.5) is 9.59 Å². The van der Waals surface area contributed by atoms with Gasteiger partial charge in [0.1, 0.15) is 11.5 Å². The number of hydrogen-bond acceptors (Lipinski definition) is 14. The van der Waals surface area contributed by atoms with Gasteiger partial charge in [-0.3, -0.25) is 9.59 Å². The lowest BCUT2D eigenvalue weighted by molar-refractivity contribution is -0.124. The fourth-order valence-electron chi connectivity index (χ4n) is 7.69. The molecule has 4 aliphatic heterocycles. The Morgan fingerprint density at radius 2 is 1.07 bits per heavy atom. The molecule has 0 spiro atoms. The number of amides is 4. The van der Waals surface area contributed by atoms with Crippen molar-refractivity contribution in [1.82, 2.24) is 29.9 Å². The van der Waals surface area contributed by atoms with E-state index in [-0.39, 0.29) is 97.7 Å². The van der Waals surface area contributed by atoms with Crippen molar-refractivity contribution in [3.63, 3.8) is 0 Å². The zero-order valence-corrected chi connectivity index (χ0v) is 36.5. The molecule has 0 aromatic carbocycles. The maximum absolute atomic E-state index is 13.0. The lowest BCUT2D eigenvalue weighted by atomic mass is 9.90. The van der Waals surface area contributed by atoms with Crippen LogP contribution in [0.25, 0.3) is 0 Å². The van der Waals surface area contributed by atoms with Crippen LogP contribution in [0.5, 0.6) is 0 Å². The van der Waals surface area contributed by atoms with Crippen LogP contribution in [0, 0.1) is 0 Å². The molecule has 2 atom stereocenters. The Bertz CT molecular complexity index is 2000. The molecule has 59 heavy (non-hydrogen) atoms. The number of ketones is 2. The van der Waals surface area contributed by atoms with Gasteiger partial charge in [0, 0.05) is 69.3 Å². The first kappa shape index (κ1) is 46.2.